The van der Waals surface area contributed by atoms with Crippen LogP contribution in [0.4, 0.5) is 8.78 Å². The Kier molecular flexibility index (Phi) is 5.45. The Morgan fingerprint density at radius 3 is 2.74 bits per heavy atom. The van der Waals surface area contributed by atoms with Gasteiger partial charge in [0.25, 0.3) is 5.91 Å². The van der Waals surface area contributed by atoms with E-state index in [9.17, 15) is 18.4 Å². The molecule has 0 aliphatic carbocycles. The molecule has 0 fully saturated rings. The molecule has 0 spiro atoms. The molecule has 0 saturated heterocycles. The number of aromatic nitrogens is 3. The molecule has 0 radical (unpaired) electrons. The Labute approximate surface area is 156 Å². The van der Waals surface area contributed by atoms with E-state index in [2.05, 4.69) is 10.1 Å². The van der Waals surface area contributed by atoms with Gasteiger partial charge in [0.05, 0.1) is 16.8 Å². The number of halogens is 2. The molecule has 0 bridgehead atoms. The molecule has 1 amide bonds. The van der Waals surface area contributed by atoms with Crippen LogP contribution >= 0.6 is 11.3 Å². The van der Waals surface area contributed by atoms with Crippen LogP contribution in [0.1, 0.15) is 24.3 Å². The second-order valence-corrected chi connectivity index (χ2v) is 6.49. The van der Waals surface area contributed by atoms with E-state index in [-0.39, 0.29) is 33.9 Å². The van der Waals surface area contributed by atoms with Gasteiger partial charge in [-0.1, -0.05) is 11.3 Å². The van der Waals surface area contributed by atoms with Crippen molar-refractivity contribution in [1.82, 2.24) is 14.3 Å². The molecule has 3 rings (SSSR count). The van der Waals surface area contributed by atoms with Gasteiger partial charge in [0.1, 0.15) is 12.4 Å². The second-order valence-electron chi connectivity index (χ2n) is 5.48. The quantitative estimate of drug-likeness (QED) is 0.623. The third kappa shape index (κ3) is 3.95. The molecule has 2 aromatic heterocycles. The van der Waals surface area contributed by atoms with Gasteiger partial charge in [-0.3, -0.25) is 14.3 Å². The summed E-state index contributed by atoms with van der Waals surface area (Å²) in [5.74, 6) is -2.88. The fourth-order valence-corrected chi connectivity index (χ4v) is 3.56. The Morgan fingerprint density at radius 2 is 2.07 bits per heavy atom. The third-order valence-corrected chi connectivity index (χ3v) is 4.69. The van der Waals surface area contributed by atoms with E-state index in [0.717, 1.165) is 17.4 Å². The first-order valence-electron chi connectivity index (χ1n) is 8.19. The van der Waals surface area contributed by atoms with Crippen molar-refractivity contribution in [2.75, 3.05) is 6.61 Å². The SMILES string of the molecule is CCOC(=O)Cn1c(=NC(=O)c2ccn(CC)n2)sc2cc(F)cc(F)c21. The van der Waals surface area contributed by atoms with Crippen molar-refractivity contribution in [3.8, 4) is 0 Å². The molecule has 0 aliphatic heterocycles. The number of amides is 1. The van der Waals surface area contributed by atoms with Gasteiger partial charge in [-0.05, 0) is 26.0 Å². The molecule has 27 heavy (non-hydrogen) atoms. The van der Waals surface area contributed by atoms with Crippen LogP contribution in [0.2, 0.25) is 0 Å². The van der Waals surface area contributed by atoms with Gasteiger partial charge in [-0.2, -0.15) is 10.1 Å². The average molecular weight is 394 g/mol. The van der Waals surface area contributed by atoms with E-state index in [1.165, 1.54) is 10.6 Å². The Morgan fingerprint density at radius 1 is 1.30 bits per heavy atom. The maximum Gasteiger partial charge on any atom is 0.326 e. The van der Waals surface area contributed by atoms with Crippen molar-refractivity contribution in [1.29, 1.82) is 0 Å². The first-order chi connectivity index (χ1) is 12.9. The number of aryl methyl sites for hydroxylation is 1. The van der Waals surface area contributed by atoms with Crippen LogP contribution in [0.5, 0.6) is 0 Å². The number of fused-ring (bicyclic) bond motifs is 1. The van der Waals surface area contributed by atoms with Gasteiger partial charge >= 0.3 is 5.97 Å². The number of thiazole rings is 1. The molecule has 1 aromatic carbocycles. The van der Waals surface area contributed by atoms with Gasteiger partial charge in [0, 0.05) is 18.8 Å². The monoisotopic (exact) mass is 394 g/mol. The second kappa shape index (κ2) is 7.78. The summed E-state index contributed by atoms with van der Waals surface area (Å²) in [6.45, 7) is 3.89. The van der Waals surface area contributed by atoms with Crippen LogP contribution in [0.15, 0.2) is 29.4 Å². The molecule has 0 N–H and O–H groups in total. The van der Waals surface area contributed by atoms with E-state index in [1.54, 1.807) is 17.8 Å². The number of hydrogen-bond donors (Lipinski definition) is 0. The number of carbonyl (C=O) groups is 2. The number of carbonyl (C=O) groups excluding carboxylic acids is 2. The van der Waals surface area contributed by atoms with Crippen LogP contribution in [0.25, 0.3) is 10.2 Å². The topological polar surface area (TPSA) is 78.5 Å². The minimum atomic E-state index is -0.852. The van der Waals surface area contributed by atoms with Gasteiger partial charge in [0.2, 0.25) is 0 Å². The largest absolute Gasteiger partial charge is 0.465 e. The Bertz CT molecular complexity index is 1080. The normalized spacial score (nSPS) is 11.9. The third-order valence-electron chi connectivity index (χ3n) is 3.67. The molecule has 7 nitrogen and oxygen atoms in total. The minimum Gasteiger partial charge on any atom is -0.465 e. The lowest BCUT2D eigenvalue weighted by Gasteiger charge is -2.05. The Hall–Kier alpha value is -2.88. The fraction of sp³-hybridized carbons (Fsp3) is 0.294. The molecule has 0 unspecified atom stereocenters. The molecule has 0 atom stereocenters. The summed E-state index contributed by atoms with van der Waals surface area (Å²) in [4.78, 5) is 28.3. The lowest BCUT2D eigenvalue weighted by Crippen LogP contribution is -2.23. The van der Waals surface area contributed by atoms with Crippen molar-refractivity contribution >= 4 is 33.4 Å². The number of hydrogen-bond acceptors (Lipinski definition) is 5. The minimum absolute atomic E-state index is 0.0138. The summed E-state index contributed by atoms with van der Waals surface area (Å²) in [5, 5.41) is 4.07. The van der Waals surface area contributed by atoms with Crippen LogP contribution in [0, 0.1) is 11.6 Å². The molecule has 3 aromatic rings. The highest BCUT2D eigenvalue weighted by atomic mass is 32.1. The summed E-state index contributed by atoms with van der Waals surface area (Å²) in [6.07, 6.45) is 1.63. The molecule has 0 saturated carbocycles. The number of benzene rings is 1. The predicted octanol–water partition coefficient (Wildman–Crippen LogP) is 2.50. The van der Waals surface area contributed by atoms with Crippen LogP contribution < -0.4 is 4.80 Å². The maximum absolute atomic E-state index is 14.3. The van der Waals surface area contributed by atoms with E-state index < -0.39 is 23.5 Å². The lowest BCUT2D eigenvalue weighted by molar-refractivity contribution is -0.143. The fourth-order valence-electron chi connectivity index (χ4n) is 2.49. The highest BCUT2D eigenvalue weighted by molar-refractivity contribution is 7.16. The highest BCUT2D eigenvalue weighted by Crippen LogP contribution is 2.22. The van der Waals surface area contributed by atoms with Crippen LogP contribution in [-0.4, -0.2) is 32.8 Å². The number of esters is 1. The molecule has 10 heteroatoms. The van der Waals surface area contributed by atoms with Crippen molar-refractivity contribution in [2.24, 2.45) is 4.99 Å². The molecule has 2 heterocycles. The summed E-state index contributed by atoms with van der Waals surface area (Å²) in [6, 6.07) is 3.35. The molecular formula is C17H16F2N4O3S. The van der Waals surface area contributed by atoms with E-state index in [1.807, 2.05) is 6.92 Å². The van der Waals surface area contributed by atoms with Gasteiger partial charge < -0.3 is 9.30 Å². The molecule has 0 aliphatic rings. The van der Waals surface area contributed by atoms with Crippen molar-refractivity contribution in [3.63, 3.8) is 0 Å². The lowest BCUT2D eigenvalue weighted by atomic mass is 10.3. The first kappa shape index (κ1) is 18.9. The maximum atomic E-state index is 14.3. The zero-order chi connectivity index (χ0) is 19.6. The number of nitrogens with zero attached hydrogens (tertiary/aromatic N) is 4. The number of rotatable bonds is 5. The standard InChI is InChI=1S/C17H16F2N4O3S/c1-3-22-6-5-12(21-22)16(25)20-17-23(9-14(24)26-4-2)15-11(19)7-10(18)8-13(15)27-17/h5-8H,3-4,9H2,1-2H3. The van der Waals surface area contributed by atoms with Crippen molar-refractivity contribution in [3.05, 3.63) is 46.5 Å². The molecule has 142 valence electrons. The van der Waals surface area contributed by atoms with Gasteiger partial charge in [-0.15, -0.1) is 0 Å². The van der Waals surface area contributed by atoms with E-state index in [0.29, 0.717) is 12.6 Å². The predicted molar refractivity (Wildman–Crippen MR) is 94.2 cm³/mol. The highest BCUT2D eigenvalue weighted by Gasteiger charge is 2.17. The van der Waals surface area contributed by atoms with Crippen molar-refractivity contribution < 1.29 is 23.1 Å². The first-order valence-corrected chi connectivity index (χ1v) is 9.01. The Balaban J connectivity index is 2.13. The smallest absolute Gasteiger partial charge is 0.326 e. The van der Waals surface area contributed by atoms with Gasteiger partial charge in [-0.25, -0.2) is 8.78 Å². The summed E-state index contributed by atoms with van der Waals surface area (Å²) < 4.78 is 35.8. The van der Waals surface area contributed by atoms with E-state index >= 15 is 0 Å². The number of ether oxygens (including phenoxy) is 1. The summed E-state index contributed by atoms with van der Waals surface area (Å²) in [7, 11) is 0. The summed E-state index contributed by atoms with van der Waals surface area (Å²) >= 11 is 0.901. The zero-order valence-corrected chi connectivity index (χ0v) is 15.4. The molecular weight excluding hydrogens is 378 g/mol. The average Bonchev–Trinajstić information content (AvgIpc) is 3.20. The van der Waals surface area contributed by atoms with Crippen molar-refractivity contribution in [2.45, 2.75) is 26.9 Å². The van der Waals surface area contributed by atoms with Crippen LogP contribution in [0.3, 0.4) is 0 Å². The van der Waals surface area contributed by atoms with Gasteiger partial charge in [0.15, 0.2) is 16.3 Å². The zero-order valence-electron chi connectivity index (χ0n) is 14.6. The summed E-state index contributed by atoms with van der Waals surface area (Å²) in [5.41, 5.74) is 0.101. The van der Waals surface area contributed by atoms with E-state index in [4.69, 9.17) is 4.74 Å². The van der Waals surface area contributed by atoms with Crippen LogP contribution in [-0.2, 0) is 22.6 Å².